The van der Waals surface area contributed by atoms with Crippen LogP contribution >= 0.6 is 0 Å². The first-order chi connectivity index (χ1) is 5.88. The molecule has 0 spiro atoms. The largest absolute Gasteiger partial charge is 0.419 e. The predicted molar refractivity (Wildman–Crippen MR) is 46.9 cm³/mol. The van der Waals surface area contributed by atoms with Crippen molar-refractivity contribution in [3.05, 3.63) is 11.8 Å². The highest BCUT2D eigenvalue weighted by Crippen LogP contribution is 2.24. The van der Waals surface area contributed by atoms with Gasteiger partial charge in [-0.15, -0.1) is 0 Å². The zero-order valence-corrected chi connectivity index (χ0v) is 7.89. The van der Waals surface area contributed by atoms with Crippen molar-refractivity contribution in [2.75, 3.05) is 20.6 Å². The Morgan fingerprint density at radius 3 is 2.23 bits per heavy atom. The summed E-state index contributed by atoms with van der Waals surface area (Å²) in [6.07, 6.45) is -2.48. The molecule has 76 valence electrons. The summed E-state index contributed by atoms with van der Waals surface area (Å²) < 4.78 is 36.7. The first-order valence-corrected chi connectivity index (χ1v) is 3.83. The molecule has 0 N–H and O–H groups in total. The Balaban J connectivity index is 4.67. The molecular formula is C8H13F3N2. The van der Waals surface area contributed by atoms with Crippen LogP contribution in [0.4, 0.5) is 13.2 Å². The van der Waals surface area contributed by atoms with Gasteiger partial charge in [-0.1, -0.05) is 0 Å². The van der Waals surface area contributed by atoms with Gasteiger partial charge in [0.1, 0.15) is 0 Å². The first kappa shape index (κ1) is 12.0. The first-order valence-electron chi connectivity index (χ1n) is 3.83. The van der Waals surface area contributed by atoms with Gasteiger partial charge in [-0.2, -0.15) is 13.2 Å². The topological polar surface area (TPSA) is 15.6 Å². The van der Waals surface area contributed by atoms with Gasteiger partial charge >= 0.3 is 6.18 Å². The Bertz CT molecular complexity index is 204. The van der Waals surface area contributed by atoms with Crippen molar-refractivity contribution in [2.45, 2.75) is 13.1 Å². The van der Waals surface area contributed by atoms with Crippen molar-refractivity contribution in [3.63, 3.8) is 0 Å². The van der Waals surface area contributed by atoms with Gasteiger partial charge < -0.3 is 4.90 Å². The van der Waals surface area contributed by atoms with Gasteiger partial charge in [-0.25, -0.2) is 0 Å². The van der Waals surface area contributed by atoms with Crippen molar-refractivity contribution >= 4 is 6.21 Å². The van der Waals surface area contributed by atoms with Gasteiger partial charge in [-0.3, -0.25) is 4.99 Å². The molecule has 0 aliphatic carbocycles. The molecule has 0 aliphatic heterocycles. The summed E-state index contributed by atoms with van der Waals surface area (Å²) >= 11 is 0. The zero-order chi connectivity index (χ0) is 10.5. The van der Waals surface area contributed by atoms with E-state index in [2.05, 4.69) is 4.99 Å². The zero-order valence-electron chi connectivity index (χ0n) is 7.89. The van der Waals surface area contributed by atoms with Gasteiger partial charge in [-0.05, 0) is 6.92 Å². The number of halogens is 3. The summed E-state index contributed by atoms with van der Waals surface area (Å²) in [4.78, 5) is 4.89. The van der Waals surface area contributed by atoms with E-state index in [4.69, 9.17) is 0 Å². The van der Waals surface area contributed by atoms with Gasteiger partial charge in [0.2, 0.25) is 0 Å². The van der Waals surface area contributed by atoms with E-state index < -0.39 is 11.7 Å². The van der Waals surface area contributed by atoms with Crippen LogP contribution in [0.1, 0.15) is 6.92 Å². The molecule has 0 unspecified atom stereocenters. The van der Waals surface area contributed by atoms with Crippen molar-refractivity contribution < 1.29 is 13.2 Å². The Hall–Kier alpha value is -1.00. The van der Waals surface area contributed by atoms with E-state index in [0.29, 0.717) is 6.54 Å². The maximum absolute atomic E-state index is 12.2. The second-order valence-electron chi connectivity index (χ2n) is 2.67. The van der Waals surface area contributed by atoms with Crippen LogP contribution in [0.5, 0.6) is 0 Å². The van der Waals surface area contributed by atoms with E-state index >= 15 is 0 Å². The highest BCUT2D eigenvalue weighted by Gasteiger charge is 2.32. The SMILES string of the molecule is CCN=CC(=CN(C)C)C(F)(F)F. The van der Waals surface area contributed by atoms with Crippen LogP contribution in [0, 0.1) is 0 Å². The smallest absolute Gasteiger partial charge is 0.383 e. The molecule has 0 atom stereocenters. The lowest BCUT2D eigenvalue weighted by molar-refractivity contribution is -0.0864. The molecule has 0 saturated heterocycles. The van der Waals surface area contributed by atoms with Gasteiger partial charge in [0, 0.05) is 33.1 Å². The van der Waals surface area contributed by atoms with Crippen LogP contribution in [0.2, 0.25) is 0 Å². The molecule has 13 heavy (non-hydrogen) atoms. The van der Waals surface area contributed by atoms with Crippen LogP contribution < -0.4 is 0 Å². The third-order valence-corrected chi connectivity index (χ3v) is 1.14. The molecule has 0 aromatic rings. The molecule has 5 heteroatoms. The van der Waals surface area contributed by atoms with E-state index in [1.165, 1.54) is 19.0 Å². The second-order valence-corrected chi connectivity index (χ2v) is 2.67. The molecule has 0 aliphatic rings. The summed E-state index contributed by atoms with van der Waals surface area (Å²) in [5, 5.41) is 0. The molecule has 0 fully saturated rings. The molecule has 0 rings (SSSR count). The van der Waals surface area contributed by atoms with Crippen LogP contribution in [-0.2, 0) is 0 Å². The number of nitrogens with zero attached hydrogens (tertiary/aromatic N) is 2. The molecule has 0 radical (unpaired) electrons. The third kappa shape index (κ3) is 5.27. The van der Waals surface area contributed by atoms with Crippen molar-refractivity contribution in [3.8, 4) is 0 Å². The minimum absolute atomic E-state index is 0.348. The minimum atomic E-state index is -4.33. The fraction of sp³-hybridized carbons (Fsp3) is 0.625. The normalized spacial score (nSPS) is 13.8. The molecular weight excluding hydrogens is 181 g/mol. The highest BCUT2D eigenvalue weighted by molar-refractivity contribution is 5.80. The standard InChI is InChI=1S/C8H13F3N2/c1-4-12-5-7(6-13(2)3)8(9,10)11/h5-6H,4H2,1-3H3. The Labute approximate surface area is 75.8 Å². The summed E-state index contributed by atoms with van der Waals surface area (Å²) in [6.45, 7) is 2.03. The van der Waals surface area contributed by atoms with Gasteiger partial charge in [0.25, 0.3) is 0 Å². The van der Waals surface area contributed by atoms with E-state index in [9.17, 15) is 13.2 Å². The fourth-order valence-corrected chi connectivity index (χ4v) is 0.648. The second kappa shape index (κ2) is 4.89. The third-order valence-electron chi connectivity index (χ3n) is 1.14. The van der Waals surface area contributed by atoms with Crippen LogP contribution in [0.25, 0.3) is 0 Å². The average molecular weight is 194 g/mol. The van der Waals surface area contributed by atoms with Crippen LogP contribution in [0.15, 0.2) is 16.8 Å². The summed E-state index contributed by atoms with van der Waals surface area (Å²) in [6, 6.07) is 0. The van der Waals surface area contributed by atoms with Crippen molar-refractivity contribution in [1.29, 1.82) is 0 Å². The predicted octanol–water partition coefficient (Wildman–Crippen LogP) is 2.08. The Morgan fingerprint density at radius 2 is 1.92 bits per heavy atom. The molecule has 0 amide bonds. The molecule has 2 nitrogen and oxygen atoms in total. The maximum Gasteiger partial charge on any atom is 0.419 e. The Kier molecular flexibility index (Phi) is 4.51. The van der Waals surface area contributed by atoms with Crippen LogP contribution in [0.3, 0.4) is 0 Å². The molecule has 0 aromatic heterocycles. The lowest BCUT2D eigenvalue weighted by Crippen LogP contribution is -2.17. The highest BCUT2D eigenvalue weighted by atomic mass is 19.4. The lowest BCUT2D eigenvalue weighted by atomic mass is 10.3. The van der Waals surface area contributed by atoms with E-state index in [1.54, 1.807) is 6.92 Å². The number of alkyl halides is 3. The summed E-state index contributed by atoms with van der Waals surface area (Å²) in [5.41, 5.74) is -0.737. The maximum atomic E-state index is 12.2. The summed E-state index contributed by atoms with van der Waals surface area (Å²) in [5.74, 6) is 0. The number of aliphatic imine (C=N–C) groups is 1. The number of hydrogen-bond donors (Lipinski definition) is 0. The quantitative estimate of drug-likeness (QED) is 0.628. The molecule has 0 saturated carbocycles. The van der Waals surface area contributed by atoms with Gasteiger partial charge in [0.15, 0.2) is 0 Å². The number of hydrogen-bond acceptors (Lipinski definition) is 2. The molecule has 0 aromatic carbocycles. The van der Waals surface area contributed by atoms with Crippen molar-refractivity contribution in [1.82, 2.24) is 4.90 Å². The molecule has 0 bridgehead atoms. The monoisotopic (exact) mass is 194 g/mol. The summed E-state index contributed by atoms with van der Waals surface area (Å²) in [7, 11) is 3.07. The number of allylic oxidation sites excluding steroid dienone is 1. The Morgan fingerprint density at radius 1 is 1.38 bits per heavy atom. The minimum Gasteiger partial charge on any atom is -0.383 e. The van der Waals surface area contributed by atoms with E-state index in [0.717, 1.165) is 12.4 Å². The molecule has 0 heterocycles. The lowest BCUT2D eigenvalue weighted by Gasteiger charge is -2.11. The van der Waals surface area contributed by atoms with Crippen molar-refractivity contribution in [2.24, 2.45) is 4.99 Å². The van der Waals surface area contributed by atoms with E-state index in [-0.39, 0.29) is 0 Å². The van der Waals surface area contributed by atoms with Gasteiger partial charge in [0.05, 0.1) is 5.57 Å². The fourth-order valence-electron chi connectivity index (χ4n) is 0.648. The van der Waals surface area contributed by atoms with E-state index in [1.807, 2.05) is 0 Å². The average Bonchev–Trinajstić information content (AvgIpc) is 1.95. The number of rotatable bonds is 3. The van der Waals surface area contributed by atoms with Crippen LogP contribution in [-0.4, -0.2) is 37.9 Å².